The summed E-state index contributed by atoms with van der Waals surface area (Å²) < 4.78 is 10.3. The highest BCUT2D eigenvalue weighted by atomic mass is 16.5. The van der Waals surface area contributed by atoms with Crippen molar-refractivity contribution in [3.8, 4) is 11.6 Å². The molecule has 0 fully saturated rings. The van der Waals surface area contributed by atoms with Crippen LogP contribution in [0, 0.1) is 6.07 Å². The summed E-state index contributed by atoms with van der Waals surface area (Å²) in [6.07, 6.45) is 2.52. The second kappa shape index (κ2) is 4.59. The van der Waals surface area contributed by atoms with Crippen LogP contribution in [0.15, 0.2) is 12.3 Å². The van der Waals surface area contributed by atoms with Gasteiger partial charge in [0.2, 0.25) is 0 Å². The summed E-state index contributed by atoms with van der Waals surface area (Å²) in [6, 6.07) is 4.55. The molecule has 3 heteroatoms. The Labute approximate surface area is 72.3 Å². The van der Waals surface area contributed by atoms with Crippen LogP contribution in [0.2, 0.25) is 0 Å². The Morgan fingerprint density at radius 2 is 2.42 bits per heavy atom. The first-order valence-electron chi connectivity index (χ1n) is 3.91. The van der Waals surface area contributed by atoms with Crippen LogP contribution in [0.5, 0.6) is 11.6 Å². The molecule has 0 bridgehead atoms. The summed E-state index contributed by atoms with van der Waals surface area (Å²) in [6.45, 7) is 2.72. The first-order chi connectivity index (χ1) is 5.88. The zero-order chi connectivity index (χ0) is 8.81. The Kier molecular flexibility index (Phi) is 3.38. The molecule has 0 aromatic carbocycles. The predicted molar refractivity (Wildman–Crippen MR) is 45.4 cm³/mol. The molecule has 0 aliphatic heterocycles. The van der Waals surface area contributed by atoms with Crippen LogP contribution in [0.3, 0.4) is 0 Å². The quantitative estimate of drug-likeness (QED) is 0.682. The van der Waals surface area contributed by atoms with E-state index in [4.69, 9.17) is 9.47 Å². The second-order valence-electron chi connectivity index (χ2n) is 2.29. The molecule has 0 amide bonds. The highest BCUT2D eigenvalue weighted by Gasteiger charge is 2.02. The molecule has 0 unspecified atom stereocenters. The van der Waals surface area contributed by atoms with Gasteiger partial charge in [-0.2, -0.15) is 0 Å². The van der Waals surface area contributed by atoms with Crippen molar-refractivity contribution in [1.29, 1.82) is 0 Å². The van der Waals surface area contributed by atoms with Crippen LogP contribution in [-0.4, -0.2) is 18.7 Å². The predicted octanol–water partition coefficient (Wildman–Crippen LogP) is 1.68. The molecule has 0 N–H and O–H groups in total. The lowest BCUT2D eigenvalue weighted by Crippen LogP contribution is -1.98. The standard InChI is InChI=1S/C9H12NO2/c1-3-7-12-8-5-4-6-10-9(8)11-2/h5-6H,3,7H2,1-2H3. The molecular weight excluding hydrogens is 154 g/mol. The fraction of sp³-hybridized carbons (Fsp3) is 0.444. The van der Waals surface area contributed by atoms with Gasteiger partial charge >= 0.3 is 0 Å². The summed E-state index contributed by atoms with van der Waals surface area (Å²) in [5.41, 5.74) is 0. The lowest BCUT2D eigenvalue weighted by Gasteiger charge is -2.06. The third-order valence-corrected chi connectivity index (χ3v) is 1.34. The first kappa shape index (κ1) is 8.84. The van der Waals surface area contributed by atoms with Gasteiger partial charge in [-0.15, -0.1) is 0 Å². The number of pyridine rings is 1. The molecule has 3 nitrogen and oxygen atoms in total. The van der Waals surface area contributed by atoms with E-state index in [1.165, 1.54) is 0 Å². The summed E-state index contributed by atoms with van der Waals surface area (Å²) in [4.78, 5) is 3.95. The molecule has 1 radical (unpaired) electrons. The molecule has 0 spiro atoms. The Hall–Kier alpha value is -1.25. The van der Waals surface area contributed by atoms with Crippen molar-refractivity contribution in [3.63, 3.8) is 0 Å². The molecule has 0 aliphatic carbocycles. The highest BCUT2D eigenvalue weighted by molar-refractivity contribution is 5.31. The smallest absolute Gasteiger partial charge is 0.256 e. The lowest BCUT2D eigenvalue weighted by molar-refractivity contribution is 0.288. The number of aromatic nitrogens is 1. The fourth-order valence-electron chi connectivity index (χ4n) is 0.803. The maximum absolute atomic E-state index is 5.36. The molecule has 0 aliphatic rings. The number of rotatable bonds is 4. The van der Waals surface area contributed by atoms with E-state index in [2.05, 4.69) is 11.1 Å². The van der Waals surface area contributed by atoms with Gasteiger partial charge in [-0.3, -0.25) is 0 Å². The first-order valence-corrected chi connectivity index (χ1v) is 3.91. The largest absolute Gasteiger partial charge is 0.488 e. The molecule has 1 heterocycles. The maximum atomic E-state index is 5.36. The minimum atomic E-state index is 0.516. The SMILES string of the molecule is CCCOc1c[c]cnc1OC. The minimum absolute atomic E-state index is 0.516. The van der Waals surface area contributed by atoms with Gasteiger partial charge in [-0.05, 0) is 12.5 Å². The van der Waals surface area contributed by atoms with Gasteiger partial charge in [-0.25, -0.2) is 4.98 Å². The van der Waals surface area contributed by atoms with Crippen LogP contribution >= 0.6 is 0 Å². The molecule has 0 atom stereocenters. The van der Waals surface area contributed by atoms with Crippen LogP contribution in [0.25, 0.3) is 0 Å². The zero-order valence-electron chi connectivity index (χ0n) is 7.33. The van der Waals surface area contributed by atoms with Crippen LogP contribution in [0.4, 0.5) is 0 Å². The maximum Gasteiger partial charge on any atom is 0.256 e. The van der Waals surface area contributed by atoms with Gasteiger partial charge in [0.15, 0.2) is 5.75 Å². The summed E-state index contributed by atoms with van der Waals surface area (Å²) >= 11 is 0. The van der Waals surface area contributed by atoms with E-state index < -0.39 is 0 Å². The Morgan fingerprint density at radius 3 is 3.08 bits per heavy atom. The minimum Gasteiger partial charge on any atom is -0.488 e. The van der Waals surface area contributed by atoms with Crippen molar-refractivity contribution >= 4 is 0 Å². The number of hydrogen-bond acceptors (Lipinski definition) is 3. The topological polar surface area (TPSA) is 31.4 Å². The van der Waals surface area contributed by atoms with E-state index in [0.29, 0.717) is 18.2 Å². The lowest BCUT2D eigenvalue weighted by atomic mass is 10.4. The van der Waals surface area contributed by atoms with Crippen molar-refractivity contribution < 1.29 is 9.47 Å². The number of methoxy groups -OCH3 is 1. The van der Waals surface area contributed by atoms with Gasteiger partial charge in [-0.1, -0.05) is 6.92 Å². The van der Waals surface area contributed by atoms with Gasteiger partial charge in [0.05, 0.1) is 13.7 Å². The molecule has 0 saturated heterocycles. The molecule has 1 aromatic heterocycles. The van der Waals surface area contributed by atoms with Gasteiger partial charge in [0.25, 0.3) is 5.88 Å². The fourth-order valence-corrected chi connectivity index (χ4v) is 0.803. The second-order valence-corrected chi connectivity index (χ2v) is 2.29. The zero-order valence-corrected chi connectivity index (χ0v) is 7.33. The van der Waals surface area contributed by atoms with Gasteiger partial charge < -0.3 is 9.47 Å². The molecule has 65 valence electrons. The summed E-state index contributed by atoms with van der Waals surface area (Å²) in [5, 5.41) is 0. The highest BCUT2D eigenvalue weighted by Crippen LogP contribution is 2.22. The van der Waals surface area contributed by atoms with Crippen molar-refractivity contribution in [1.82, 2.24) is 4.98 Å². The van der Waals surface area contributed by atoms with E-state index in [9.17, 15) is 0 Å². The monoisotopic (exact) mass is 166 g/mol. The van der Waals surface area contributed by atoms with Gasteiger partial charge in [0.1, 0.15) is 0 Å². The summed E-state index contributed by atoms with van der Waals surface area (Å²) in [7, 11) is 1.57. The molecule has 1 aromatic rings. The third kappa shape index (κ3) is 2.12. The number of nitrogens with zero attached hydrogens (tertiary/aromatic N) is 1. The summed E-state index contributed by atoms with van der Waals surface area (Å²) in [5.74, 6) is 1.17. The average molecular weight is 166 g/mol. The van der Waals surface area contributed by atoms with Crippen LogP contribution < -0.4 is 9.47 Å². The van der Waals surface area contributed by atoms with Crippen molar-refractivity contribution in [2.75, 3.05) is 13.7 Å². The van der Waals surface area contributed by atoms with Crippen molar-refractivity contribution in [2.45, 2.75) is 13.3 Å². The Morgan fingerprint density at radius 1 is 1.58 bits per heavy atom. The molecular formula is C9H12NO2. The van der Waals surface area contributed by atoms with Crippen molar-refractivity contribution in [2.24, 2.45) is 0 Å². The van der Waals surface area contributed by atoms with E-state index >= 15 is 0 Å². The van der Waals surface area contributed by atoms with E-state index in [1.54, 1.807) is 19.4 Å². The number of ether oxygens (including phenoxy) is 2. The van der Waals surface area contributed by atoms with Crippen LogP contribution in [-0.2, 0) is 0 Å². The van der Waals surface area contributed by atoms with E-state index in [1.807, 2.05) is 6.92 Å². The molecule has 0 saturated carbocycles. The van der Waals surface area contributed by atoms with E-state index in [-0.39, 0.29) is 0 Å². The average Bonchev–Trinajstić information content (AvgIpc) is 2.15. The molecule has 12 heavy (non-hydrogen) atoms. The molecule has 1 rings (SSSR count). The number of hydrogen-bond donors (Lipinski definition) is 0. The Bertz CT molecular complexity index is 238. The van der Waals surface area contributed by atoms with Crippen molar-refractivity contribution in [3.05, 3.63) is 18.3 Å². The third-order valence-electron chi connectivity index (χ3n) is 1.34. The van der Waals surface area contributed by atoms with E-state index in [0.717, 1.165) is 6.42 Å². The van der Waals surface area contributed by atoms with Gasteiger partial charge in [0, 0.05) is 12.3 Å². The normalized spacial score (nSPS) is 9.50. The Balaban J connectivity index is 2.68. The van der Waals surface area contributed by atoms with Crippen LogP contribution in [0.1, 0.15) is 13.3 Å².